The molecular formula is C8H6F3N3O. The average molecular weight is 217 g/mol. The van der Waals surface area contributed by atoms with Crippen molar-refractivity contribution in [1.29, 1.82) is 5.26 Å². The molecule has 0 aliphatic heterocycles. The normalized spacial score (nSPS) is 10.9. The van der Waals surface area contributed by atoms with Gasteiger partial charge in [0.25, 0.3) is 0 Å². The number of halogens is 3. The van der Waals surface area contributed by atoms with Crippen molar-refractivity contribution >= 4 is 5.82 Å². The summed E-state index contributed by atoms with van der Waals surface area (Å²) < 4.78 is 39.5. The summed E-state index contributed by atoms with van der Waals surface area (Å²) in [6, 6.07) is 2.68. The number of pyridine rings is 1. The molecule has 0 amide bonds. The van der Waals surface area contributed by atoms with Gasteiger partial charge in [-0.05, 0) is 18.6 Å². The maximum Gasteiger partial charge on any atom is 0.573 e. The molecule has 1 rings (SSSR count). The number of nitriles is 1. The van der Waals surface area contributed by atoms with Crippen LogP contribution in [0.1, 0.15) is 11.3 Å². The Bertz CT molecular complexity index is 422. The molecule has 80 valence electrons. The van der Waals surface area contributed by atoms with Crippen molar-refractivity contribution in [2.45, 2.75) is 13.3 Å². The monoisotopic (exact) mass is 217 g/mol. The third-order valence-electron chi connectivity index (χ3n) is 1.50. The van der Waals surface area contributed by atoms with E-state index in [2.05, 4.69) is 9.72 Å². The molecule has 15 heavy (non-hydrogen) atoms. The van der Waals surface area contributed by atoms with E-state index < -0.39 is 17.8 Å². The third-order valence-corrected chi connectivity index (χ3v) is 1.50. The molecule has 0 saturated heterocycles. The number of aryl methyl sites for hydroxylation is 1. The molecule has 0 aliphatic rings. The van der Waals surface area contributed by atoms with Gasteiger partial charge < -0.3 is 10.5 Å². The summed E-state index contributed by atoms with van der Waals surface area (Å²) in [5.74, 6) is -0.641. The topological polar surface area (TPSA) is 71.9 Å². The Labute approximate surface area is 83.1 Å². The summed E-state index contributed by atoms with van der Waals surface area (Å²) >= 11 is 0. The van der Waals surface area contributed by atoms with Crippen molar-refractivity contribution in [1.82, 2.24) is 4.98 Å². The molecule has 0 aliphatic carbocycles. The lowest BCUT2D eigenvalue weighted by Crippen LogP contribution is -2.19. The summed E-state index contributed by atoms with van der Waals surface area (Å²) in [6.45, 7) is 1.35. The second-order valence-corrected chi connectivity index (χ2v) is 2.70. The number of hydrogen-bond donors (Lipinski definition) is 1. The van der Waals surface area contributed by atoms with Crippen LogP contribution in [0.4, 0.5) is 19.0 Å². The predicted octanol–water partition coefficient (Wildman–Crippen LogP) is 1.74. The highest BCUT2D eigenvalue weighted by atomic mass is 19.4. The Morgan fingerprint density at radius 1 is 1.53 bits per heavy atom. The van der Waals surface area contributed by atoms with E-state index in [1.807, 2.05) is 0 Å². The van der Waals surface area contributed by atoms with Crippen LogP contribution in [0.15, 0.2) is 6.07 Å². The van der Waals surface area contributed by atoms with Gasteiger partial charge in [0.2, 0.25) is 0 Å². The van der Waals surface area contributed by atoms with Crippen molar-refractivity contribution in [2.75, 3.05) is 5.73 Å². The van der Waals surface area contributed by atoms with Crippen molar-refractivity contribution in [2.24, 2.45) is 0 Å². The lowest BCUT2D eigenvalue weighted by atomic mass is 10.2. The third kappa shape index (κ3) is 2.74. The number of alkyl halides is 3. The fourth-order valence-electron chi connectivity index (χ4n) is 1.01. The van der Waals surface area contributed by atoms with Gasteiger partial charge in [-0.2, -0.15) is 5.26 Å². The van der Waals surface area contributed by atoms with E-state index in [-0.39, 0.29) is 11.4 Å². The highest BCUT2D eigenvalue weighted by molar-refractivity contribution is 5.49. The van der Waals surface area contributed by atoms with E-state index in [1.54, 1.807) is 0 Å². The number of nitrogens with zero attached hydrogens (tertiary/aromatic N) is 2. The molecular weight excluding hydrogens is 211 g/mol. The molecule has 0 radical (unpaired) electrons. The second kappa shape index (κ2) is 3.65. The number of nitrogens with two attached hydrogens (primary N) is 1. The van der Waals surface area contributed by atoms with Crippen LogP contribution in [0, 0.1) is 18.3 Å². The van der Waals surface area contributed by atoms with Crippen molar-refractivity contribution < 1.29 is 17.9 Å². The molecule has 4 nitrogen and oxygen atoms in total. The van der Waals surface area contributed by atoms with Gasteiger partial charge in [-0.3, -0.25) is 0 Å². The van der Waals surface area contributed by atoms with Crippen molar-refractivity contribution in [3.8, 4) is 11.8 Å². The van der Waals surface area contributed by atoms with Gasteiger partial charge in [0.15, 0.2) is 11.4 Å². The quantitative estimate of drug-likeness (QED) is 0.777. The van der Waals surface area contributed by atoms with Crippen LogP contribution < -0.4 is 10.5 Å². The fraction of sp³-hybridized carbons (Fsp3) is 0.250. The van der Waals surface area contributed by atoms with Gasteiger partial charge in [0.1, 0.15) is 11.9 Å². The van der Waals surface area contributed by atoms with Crippen molar-refractivity contribution in [3.63, 3.8) is 0 Å². The molecule has 0 saturated carbocycles. The first-order valence-electron chi connectivity index (χ1n) is 3.76. The maximum atomic E-state index is 11.9. The Balaban J connectivity index is 3.23. The molecule has 0 bridgehead atoms. The Morgan fingerprint density at radius 2 is 2.13 bits per heavy atom. The first kappa shape index (κ1) is 11.1. The maximum absolute atomic E-state index is 11.9. The largest absolute Gasteiger partial charge is 0.573 e. The molecule has 1 heterocycles. The van der Waals surface area contributed by atoms with Crippen LogP contribution in [0.2, 0.25) is 0 Å². The first-order valence-corrected chi connectivity index (χ1v) is 3.76. The lowest BCUT2D eigenvalue weighted by molar-refractivity contribution is -0.275. The van der Waals surface area contributed by atoms with E-state index in [0.29, 0.717) is 0 Å². The molecule has 1 aromatic rings. The Morgan fingerprint density at radius 3 is 2.60 bits per heavy atom. The van der Waals surface area contributed by atoms with E-state index in [9.17, 15) is 13.2 Å². The van der Waals surface area contributed by atoms with E-state index >= 15 is 0 Å². The molecule has 7 heteroatoms. The number of hydrogen-bond acceptors (Lipinski definition) is 4. The van der Waals surface area contributed by atoms with Crippen LogP contribution in [-0.2, 0) is 0 Å². The number of rotatable bonds is 1. The smallest absolute Gasteiger partial charge is 0.402 e. The van der Waals surface area contributed by atoms with Crippen LogP contribution in [0.3, 0.4) is 0 Å². The zero-order valence-corrected chi connectivity index (χ0v) is 7.59. The molecule has 0 unspecified atom stereocenters. The van der Waals surface area contributed by atoms with Crippen LogP contribution in [-0.4, -0.2) is 11.3 Å². The summed E-state index contributed by atoms with van der Waals surface area (Å²) in [6.07, 6.45) is -4.85. The zero-order valence-electron chi connectivity index (χ0n) is 7.59. The average Bonchev–Trinajstić information content (AvgIpc) is 2.07. The minimum absolute atomic E-state index is 0.0291. The summed E-state index contributed by atoms with van der Waals surface area (Å²) in [4.78, 5) is 3.43. The van der Waals surface area contributed by atoms with E-state index in [0.717, 1.165) is 0 Å². The lowest BCUT2D eigenvalue weighted by Gasteiger charge is -2.12. The Hall–Kier alpha value is -1.97. The van der Waals surface area contributed by atoms with Gasteiger partial charge in [0, 0.05) is 0 Å². The number of aromatic nitrogens is 1. The predicted molar refractivity (Wildman–Crippen MR) is 44.8 cm³/mol. The minimum atomic E-state index is -4.85. The summed E-state index contributed by atoms with van der Waals surface area (Å²) in [5, 5.41) is 8.55. The molecule has 1 aromatic heterocycles. The molecule has 0 spiro atoms. The highest BCUT2D eigenvalue weighted by Gasteiger charge is 2.33. The molecule has 2 N–H and O–H groups in total. The summed E-state index contributed by atoms with van der Waals surface area (Å²) in [5.41, 5.74) is 4.89. The van der Waals surface area contributed by atoms with Gasteiger partial charge in [-0.15, -0.1) is 13.2 Å². The SMILES string of the molecule is Cc1cc(N)nc(C#N)c1OC(F)(F)F. The zero-order chi connectivity index (χ0) is 11.6. The van der Waals surface area contributed by atoms with Gasteiger partial charge in [-0.1, -0.05) is 0 Å². The van der Waals surface area contributed by atoms with Crippen LogP contribution >= 0.6 is 0 Å². The number of ether oxygens (including phenoxy) is 1. The number of nitrogen functional groups attached to an aromatic ring is 1. The minimum Gasteiger partial charge on any atom is -0.402 e. The standard InChI is InChI=1S/C8H6F3N3O/c1-4-2-6(13)14-5(3-12)7(4)15-8(9,10)11/h2H,1H3,(H2,13,14). The second-order valence-electron chi connectivity index (χ2n) is 2.70. The van der Waals surface area contributed by atoms with Crippen LogP contribution in [0.25, 0.3) is 0 Å². The number of anilines is 1. The van der Waals surface area contributed by atoms with E-state index in [1.165, 1.54) is 19.1 Å². The van der Waals surface area contributed by atoms with Gasteiger partial charge in [0.05, 0.1) is 0 Å². The fourth-order valence-corrected chi connectivity index (χ4v) is 1.01. The molecule has 0 fully saturated rings. The van der Waals surface area contributed by atoms with E-state index in [4.69, 9.17) is 11.0 Å². The Kier molecular flexibility index (Phi) is 2.70. The van der Waals surface area contributed by atoms with Crippen LogP contribution in [0.5, 0.6) is 5.75 Å². The summed E-state index contributed by atoms with van der Waals surface area (Å²) in [7, 11) is 0. The highest BCUT2D eigenvalue weighted by Crippen LogP contribution is 2.29. The van der Waals surface area contributed by atoms with Crippen molar-refractivity contribution in [3.05, 3.63) is 17.3 Å². The molecule has 0 aromatic carbocycles. The van der Waals surface area contributed by atoms with Gasteiger partial charge >= 0.3 is 6.36 Å². The van der Waals surface area contributed by atoms with Gasteiger partial charge in [-0.25, -0.2) is 4.98 Å². The molecule has 0 atom stereocenters. The first-order chi connectivity index (χ1) is 6.83.